The molecule has 3 aromatic carbocycles. The van der Waals surface area contributed by atoms with E-state index in [2.05, 4.69) is 10.6 Å². The summed E-state index contributed by atoms with van der Waals surface area (Å²) in [6.45, 7) is 2.23. The molecule has 240 valence electrons. The molecule has 4 N–H and O–H groups in total. The van der Waals surface area contributed by atoms with Crippen molar-refractivity contribution in [2.24, 2.45) is 5.92 Å². The van der Waals surface area contributed by atoms with E-state index in [0.717, 1.165) is 23.1 Å². The van der Waals surface area contributed by atoms with Crippen LogP contribution < -0.4 is 15.4 Å². The van der Waals surface area contributed by atoms with E-state index in [1.54, 1.807) is 6.07 Å². The number of para-hydroxylation sites is 1. The van der Waals surface area contributed by atoms with Crippen LogP contribution in [0.5, 0.6) is 5.75 Å². The Labute approximate surface area is 263 Å². The molecule has 5 rings (SSSR count). The lowest BCUT2D eigenvalue weighted by Gasteiger charge is -2.29. The van der Waals surface area contributed by atoms with Crippen LogP contribution >= 0.6 is 0 Å². The second-order valence-electron chi connectivity index (χ2n) is 11.7. The fourth-order valence-electron chi connectivity index (χ4n) is 6.02. The highest BCUT2D eigenvalue weighted by atomic mass is 16.7. The summed E-state index contributed by atoms with van der Waals surface area (Å²) in [5.41, 5.74) is 3.33. The molecule has 2 saturated heterocycles. The smallest absolute Gasteiger partial charge is 0.407 e. The molecule has 2 amide bonds. The molecule has 0 aromatic heterocycles. The number of hydrogen-bond donors (Lipinski definition) is 4. The molecule has 2 heterocycles. The Morgan fingerprint density at radius 1 is 0.933 bits per heavy atom. The number of carbonyl (C=O) groups is 2. The van der Waals surface area contributed by atoms with Crippen molar-refractivity contribution >= 4 is 12.0 Å². The quantitative estimate of drug-likeness (QED) is 0.216. The summed E-state index contributed by atoms with van der Waals surface area (Å²) in [6.07, 6.45) is -0.679. The maximum Gasteiger partial charge on any atom is 0.407 e. The van der Waals surface area contributed by atoms with Crippen LogP contribution in [-0.2, 0) is 38.5 Å². The van der Waals surface area contributed by atoms with Crippen LogP contribution in [0.4, 0.5) is 4.79 Å². The largest absolute Gasteiger partial charge is 0.483 e. The molecular formula is C35H42N2O8. The van der Waals surface area contributed by atoms with E-state index in [9.17, 15) is 19.8 Å². The zero-order chi connectivity index (χ0) is 31.6. The van der Waals surface area contributed by atoms with Gasteiger partial charge in [-0.25, -0.2) is 4.79 Å². The van der Waals surface area contributed by atoms with Crippen molar-refractivity contribution in [2.45, 2.75) is 69.8 Å². The van der Waals surface area contributed by atoms with Gasteiger partial charge in [0.15, 0.2) is 12.9 Å². The molecule has 2 fully saturated rings. The van der Waals surface area contributed by atoms with Crippen molar-refractivity contribution in [1.82, 2.24) is 10.6 Å². The fourth-order valence-corrected chi connectivity index (χ4v) is 6.02. The number of benzene rings is 3. The summed E-state index contributed by atoms with van der Waals surface area (Å²) in [7, 11) is 0. The molecule has 0 unspecified atom stereocenters. The van der Waals surface area contributed by atoms with Gasteiger partial charge in [-0.1, -0.05) is 78.9 Å². The Morgan fingerprint density at radius 3 is 2.36 bits per heavy atom. The Kier molecular flexibility index (Phi) is 11.4. The number of aliphatic hydroxyl groups excluding tert-OH is 2. The summed E-state index contributed by atoms with van der Waals surface area (Å²) < 4.78 is 22.7. The molecule has 10 nitrogen and oxygen atoms in total. The number of nitrogens with one attached hydrogen (secondary N) is 2. The zero-order valence-corrected chi connectivity index (χ0v) is 25.5. The lowest BCUT2D eigenvalue weighted by molar-refractivity contribution is -0.124. The second kappa shape index (κ2) is 15.9. The number of ether oxygens (including phenoxy) is 4. The molecule has 0 bridgehead atoms. The van der Waals surface area contributed by atoms with E-state index in [0.29, 0.717) is 30.8 Å². The van der Waals surface area contributed by atoms with Crippen LogP contribution in [0.15, 0.2) is 78.9 Å². The van der Waals surface area contributed by atoms with Crippen LogP contribution in [0.2, 0.25) is 0 Å². The third-order valence-electron chi connectivity index (χ3n) is 8.34. The molecule has 0 aliphatic carbocycles. The lowest BCUT2D eigenvalue weighted by atomic mass is 9.93. The van der Waals surface area contributed by atoms with E-state index in [1.807, 2.05) is 79.7 Å². The first kappa shape index (κ1) is 32.4. The van der Waals surface area contributed by atoms with Crippen molar-refractivity contribution in [3.05, 3.63) is 101 Å². The Hall–Kier alpha value is -3.96. The molecule has 2 aliphatic heterocycles. The number of aliphatic hydroxyl groups is 2. The minimum atomic E-state index is -1.02. The van der Waals surface area contributed by atoms with Gasteiger partial charge in [0, 0.05) is 11.6 Å². The van der Waals surface area contributed by atoms with E-state index < -0.39 is 30.4 Å². The number of hydrogen-bond acceptors (Lipinski definition) is 8. The molecule has 45 heavy (non-hydrogen) atoms. The third-order valence-corrected chi connectivity index (χ3v) is 8.34. The van der Waals surface area contributed by atoms with Gasteiger partial charge in [0.1, 0.15) is 11.9 Å². The van der Waals surface area contributed by atoms with Crippen molar-refractivity contribution in [3.63, 3.8) is 0 Å². The molecule has 2 aliphatic rings. The highest BCUT2D eigenvalue weighted by molar-refractivity contribution is 5.78. The summed E-state index contributed by atoms with van der Waals surface area (Å²) in [5, 5.41) is 27.2. The minimum Gasteiger partial charge on any atom is -0.483 e. The molecule has 3 aromatic rings. The fraction of sp³-hybridized carbons (Fsp3) is 0.429. The topological polar surface area (TPSA) is 136 Å². The van der Waals surface area contributed by atoms with E-state index in [1.165, 1.54) is 0 Å². The SMILES string of the molecule is Cc1cccc(CO)c1OCC(=O)N[C@@H](Cc1ccccc1)C[C@H](O)[C@H](Cc1ccccc1)NC(=O)O[C@H]1CO[C@H]2OCC[C@H]21. The minimum absolute atomic E-state index is 0.00550. The number of carbonyl (C=O) groups excluding carboxylic acids is 2. The van der Waals surface area contributed by atoms with Crippen molar-refractivity contribution in [3.8, 4) is 5.75 Å². The predicted molar refractivity (Wildman–Crippen MR) is 166 cm³/mol. The molecule has 0 radical (unpaired) electrons. The normalized spacial score (nSPS) is 20.9. The second-order valence-corrected chi connectivity index (χ2v) is 11.7. The first-order valence-electron chi connectivity index (χ1n) is 15.5. The Balaban J connectivity index is 1.27. The maximum absolute atomic E-state index is 13.1. The predicted octanol–water partition coefficient (Wildman–Crippen LogP) is 3.44. The van der Waals surface area contributed by atoms with E-state index in [4.69, 9.17) is 18.9 Å². The van der Waals surface area contributed by atoms with Gasteiger partial charge in [0.2, 0.25) is 0 Å². The van der Waals surface area contributed by atoms with Gasteiger partial charge >= 0.3 is 6.09 Å². The Morgan fingerprint density at radius 2 is 1.64 bits per heavy atom. The van der Waals surface area contributed by atoms with Gasteiger partial charge in [-0.3, -0.25) is 4.79 Å². The van der Waals surface area contributed by atoms with Gasteiger partial charge in [0.25, 0.3) is 5.91 Å². The van der Waals surface area contributed by atoms with E-state index >= 15 is 0 Å². The number of fused-ring (bicyclic) bond motifs is 1. The molecule has 6 atom stereocenters. The first-order chi connectivity index (χ1) is 21.9. The average Bonchev–Trinajstić information content (AvgIpc) is 3.66. The van der Waals surface area contributed by atoms with Gasteiger partial charge < -0.3 is 39.8 Å². The lowest BCUT2D eigenvalue weighted by Crippen LogP contribution is -2.50. The average molecular weight is 619 g/mol. The van der Waals surface area contributed by atoms with Crippen LogP contribution in [0.25, 0.3) is 0 Å². The number of amides is 2. The monoisotopic (exact) mass is 618 g/mol. The van der Waals surface area contributed by atoms with Crippen LogP contribution in [0, 0.1) is 12.8 Å². The molecule has 0 saturated carbocycles. The molecule has 10 heteroatoms. The first-order valence-corrected chi connectivity index (χ1v) is 15.5. The van der Waals surface area contributed by atoms with Crippen molar-refractivity contribution < 1.29 is 38.7 Å². The van der Waals surface area contributed by atoms with Crippen LogP contribution in [0.1, 0.15) is 35.1 Å². The summed E-state index contributed by atoms with van der Waals surface area (Å²) in [6, 6.07) is 23.5. The van der Waals surface area contributed by atoms with Gasteiger partial charge in [0.05, 0.1) is 37.9 Å². The summed E-state index contributed by atoms with van der Waals surface area (Å²) >= 11 is 0. The number of aryl methyl sites for hydroxylation is 1. The molecule has 0 spiro atoms. The number of alkyl carbamates (subject to hydrolysis) is 1. The van der Waals surface area contributed by atoms with Crippen LogP contribution in [0.3, 0.4) is 0 Å². The molecular weight excluding hydrogens is 576 g/mol. The third kappa shape index (κ3) is 9.04. The Bertz CT molecular complexity index is 1390. The van der Waals surface area contributed by atoms with Crippen molar-refractivity contribution in [2.75, 3.05) is 19.8 Å². The highest BCUT2D eigenvalue weighted by Gasteiger charge is 2.44. The van der Waals surface area contributed by atoms with Gasteiger partial charge in [-0.15, -0.1) is 0 Å². The van der Waals surface area contributed by atoms with Crippen molar-refractivity contribution in [1.29, 1.82) is 0 Å². The van der Waals surface area contributed by atoms with Crippen LogP contribution in [-0.4, -0.2) is 72.6 Å². The van der Waals surface area contributed by atoms with E-state index in [-0.39, 0.29) is 44.4 Å². The maximum atomic E-state index is 13.1. The summed E-state index contributed by atoms with van der Waals surface area (Å²) in [5.74, 6) is 0.106. The summed E-state index contributed by atoms with van der Waals surface area (Å²) in [4.78, 5) is 26.2. The van der Waals surface area contributed by atoms with Gasteiger partial charge in [-0.2, -0.15) is 0 Å². The zero-order valence-electron chi connectivity index (χ0n) is 25.5. The van der Waals surface area contributed by atoms with Gasteiger partial charge in [-0.05, 0) is 49.3 Å². The standard InChI is InChI=1S/C35H42N2O8/c1-23-9-8-14-26(20-38)33(23)43-22-32(40)36-27(17-24-10-4-2-5-11-24)19-30(39)29(18-25-12-6-3-7-13-25)37-35(41)45-31-21-44-34-28(31)15-16-42-34/h2-14,27-31,34,38-39H,15-22H2,1H3,(H,36,40)(H,37,41)/t27-,28-,29-,30-,31-,34+/m0/s1. The number of rotatable bonds is 14. The highest BCUT2D eigenvalue weighted by Crippen LogP contribution is 2.33.